The van der Waals surface area contributed by atoms with Gasteiger partial charge in [0.25, 0.3) is 0 Å². The Morgan fingerprint density at radius 2 is 2.29 bits per heavy atom. The van der Waals surface area contributed by atoms with E-state index >= 15 is 0 Å². The molecule has 0 amide bonds. The van der Waals surface area contributed by atoms with Crippen molar-refractivity contribution in [2.75, 3.05) is 13.6 Å². The minimum Gasteiger partial charge on any atom is -0.462 e. The quantitative estimate of drug-likeness (QED) is 0.920. The molecule has 21 heavy (non-hydrogen) atoms. The van der Waals surface area contributed by atoms with Crippen LogP contribution < -0.4 is 0 Å². The molecule has 1 fully saturated rings. The SMILES string of the molecule is CN(Cc1csc(-c2ccco2)n1)CC1CCCCC1O. The molecule has 5 heteroatoms. The fourth-order valence-electron chi connectivity index (χ4n) is 3.04. The number of thiazole rings is 1. The van der Waals surface area contributed by atoms with E-state index in [1.165, 1.54) is 12.8 Å². The van der Waals surface area contributed by atoms with Crippen LogP contribution in [0.4, 0.5) is 0 Å². The number of hydrogen-bond donors (Lipinski definition) is 1. The van der Waals surface area contributed by atoms with Crippen LogP contribution in [0.2, 0.25) is 0 Å². The van der Waals surface area contributed by atoms with Gasteiger partial charge in [-0.15, -0.1) is 11.3 Å². The van der Waals surface area contributed by atoms with Gasteiger partial charge >= 0.3 is 0 Å². The summed E-state index contributed by atoms with van der Waals surface area (Å²) in [6, 6.07) is 3.82. The average Bonchev–Trinajstić information content (AvgIpc) is 3.12. The van der Waals surface area contributed by atoms with Gasteiger partial charge in [0.2, 0.25) is 0 Å². The lowest BCUT2D eigenvalue weighted by molar-refractivity contribution is 0.0500. The van der Waals surface area contributed by atoms with Crippen LogP contribution in [0.1, 0.15) is 31.4 Å². The average molecular weight is 306 g/mol. The summed E-state index contributed by atoms with van der Waals surface area (Å²) in [4.78, 5) is 6.89. The predicted molar refractivity (Wildman–Crippen MR) is 84.1 cm³/mol. The van der Waals surface area contributed by atoms with Crippen molar-refractivity contribution in [3.05, 3.63) is 29.5 Å². The van der Waals surface area contributed by atoms with Crippen LogP contribution >= 0.6 is 11.3 Å². The van der Waals surface area contributed by atoms with Crippen molar-refractivity contribution in [2.24, 2.45) is 5.92 Å². The zero-order valence-corrected chi connectivity index (χ0v) is 13.2. The largest absolute Gasteiger partial charge is 0.462 e. The van der Waals surface area contributed by atoms with E-state index in [0.717, 1.165) is 42.4 Å². The highest BCUT2D eigenvalue weighted by Gasteiger charge is 2.24. The zero-order valence-electron chi connectivity index (χ0n) is 12.4. The fraction of sp³-hybridized carbons (Fsp3) is 0.562. The Bertz CT molecular complexity index is 552. The second-order valence-corrected chi connectivity index (χ2v) is 6.79. The molecule has 0 aromatic carbocycles. The Hall–Kier alpha value is -1.17. The highest BCUT2D eigenvalue weighted by molar-refractivity contribution is 7.13. The van der Waals surface area contributed by atoms with Gasteiger partial charge in [0.05, 0.1) is 18.1 Å². The molecule has 1 aliphatic carbocycles. The van der Waals surface area contributed by atoms with E-state index in [0.29, 0.717) is 5.92 Å². The van der Waals surface area contributed by atoms with Gasteiger partial charge in [-0.1, -0.05) is 12.8 Å². The first kappa shape index (κ1) is 14.8. The van der Waals surface area contributed by atoms with Crippen LogP contribution in [0, 0.1) is 5.92 Å². The highest BCUT2D eigenvalue weighted by Crippen LogP contribution is 2.27. The molecule has 0 radical (unpaired) electrons. The van der Waals surface area contributed by atoms with Crippen LogP contribution in [-0.2, 0) is 6.54 Å². The van der Waals surface area contributed by atoms with Gasteiger partial charge in [-0.2, -0.15) is 0 Å². The third-order valence-corrected chi connectivity index (χ3v) is 5.04. The number of rotatable bonds is 5. The van der Waals surface area contributed by atoms with E-state index in [4.69, 9.17) is 4.42 Å². The first-order valence-corrected chi connectivity index (χ1v) is 8.45. The normalized spacial score (nSPS) is 22.8. The first-order chi connectivity index (χ1) is 10.2. The van der Waals surface area contributed by atoms with E-state index in [2.05, 4.69) is 22.3 Å². The summed E-state index contributed by atoms with van der Waals surface area (Å²) in [5.74, 6) is 1.24. The summed E-state index contributed by atoms with van der Waals surface area (Å²) >= 11 is 1.61. The van der Waals surface area contributed by atoms with Gasteiger partial charge in [0.15, 0.2) is 10.8 Å². The standard InChI is InChI=1S/C16H22N2O2S/c1-18(9-12-5-2-3-6-14(12)19)10-13-11-21-16(17-13)15-7-4-8-20-15/h4,7-8,11-12,14,19H,2-3,5-6,9-10H2,1H3. The van der Waals surface area contributed by atoms with Crippen LogP contribution in [0.25, 0.3) is 10.8 Å². The molecule has 3 rings (SSSR count). The summed E-state index contributed by atoms with van der Waals surface area (Å²) in [6.07, 6.45) is 6.05. The van der Waals surface area contributed by atoms with Crippen molar-refractivity contribution in [1.82, 2.24) is 9.88 Å². The van der Waals surface area contributed by atoms with Crippen molar-refractivity contribution < 1.29 is 9.52 Å². The summed E-state index contributed by atoms with van der Waals surface area (Å²) < 4.78 is 5.37. The topological polar surface area (TPSA) is 49.5 Å². The number of aromatic nitrogens is 1. The minimum absolute atomic E-state index is 0.129. The Labute approximate surface area is 129 Å². The molecule has 0 aliphatic heterocycles. The van der Waals surface area contributed by atoms with Crippen molar-refractivity contribution in [2.45, 2.75) is 38.3 Å². The van der Waals surface area contributed by atoms with Gasteiger partial charge in [-0.25, -0.2) is 4.98 Å². The molecule has 2 heterocycles. The lowest BCUT2D eigenvalue weighted by Crippen LogP contribution is -2.34. The second-order valence-electron chi connectivity index (χ2n) is 5.93. The predicted octanol–water partition coefficient (Wildman–Crippen LogP) is 3.39. The number of furan rings is 1. The van der Waals surface area contributed by atoms with Gasteiger partial charge in [-0.3, -0.25) is 0 Å². The number of nitrogens with zero attached hydrogens (tertiary/aromatic N) is 2. The molecule has 1 saturated carbocycles. The van der Waals surface area contributed by atoms with Gasteiger partial charge in [0.1, 0.15) is 0 Å². The second kappa shape index (κ2) is 6.73. The minimum atomic E-state index is -0.129. The molecule has 2 aromatic heterocycles. The maximum absolute atomic E-state index is 10.1. The monoisotopic (exact) mass is 306 g/mol. The Morgan fingerprint density at radius 3 is 3.05 bits per heavy atom. The molecule has 2 unspecified atom stereocenters. The fourth-order valence-corrected chi connectivity index (χ4v) is 3.81. The molecule has 0 bridgehead atoms. The van der Waals surface area contributed by atoms with E-state index in [1.807, 2.05) is 12.1 Å². The number of hydrogen-bond acceptors (Lipinski definition) is 5. The molecule has 1 N–H and O–H groups in total. The highest BCUT2D eigenvalue weighted by atomic mass is 32.1. The lowest BCUT2D eigenvalue weighted by Gasteiger charge is -2.30. The molecule has 0 spiro atoms. The van der Waals surface area contributed by atoms with Crippen LogP contribution in [0.15, 0.2) is 28.2 Å². The summed E-state index contributed by atoms with van der Waals surface area (Å²) in [5.41, 5.74) is 1.07. The Morgan fingerprint density at radius 1 is 1.43 bits per heavy atom. The van der Waals surface area contributed by atoms with Crippen molar-refractivity contribution in [3.8, 4) is 10.8 Å². The molecule has 2 aromatic rings. The molecular weight excluding hydrogens is 284 g/mol. The molecule has 114 valence electrons. The van der Waals surface area contributed by atoms with E-state index < -0.39 is 0 Å². The summed E-state index contributed by atoms with van der Waals surface area (Å²) in [6.45, 7) is 1.76. The Balaban J connectivity index is 1.56. The van der Waals surface area contributed by atoms with Crippen molar-refractivity contribution in [1.29, 1.82) is 0 Å². The maximum atomic E-state index is 10.1. The summed E-state index contributed by atoms with van der Waals surface area (Å²) in [5, 5.41) is 13.1. The lowest BCUT2D eigenvalue weighted by atomic mass is 9.86. The van der Waals surface area contributed by atoms with Crippen molar-refractivity contribution in [3.63, 3.8) is 0 Å². The zero-order chi connectivity index (χ0) is 14.7. The third-order valence-electron chi connectivity index (χ3n) is 4.13. The smallest absolute Gasteiger partial charge is 0.162 e. The molecule has 2 atom stereocenters. The molecule has 4 nitrogen and oxygen atoms in total. The summed E-state index contributed by atoms with van der Waals surface area (Å²) in [7, 11) is 2.10. The number of aliphatic hydroxyl groups is 1. The van der Waals surface area contributed by atoms with Crippen LogP contribution in [0.5, 0.6) is 0 Å². The maximum Gasteiger partial charge on any atom is 0.162 e. The third kappa shape index (κ3) is 3.73. The van der Waals surface area contributed by atoms with Crippen molar-refractivity contribution >= 4 is 11.3 Å². The van der Waals surface area contributed by atoms with Crippen LogP contribution in [-0.4, -0.2) is 34.7 Å². The Kier molecular flexibility index (Phi) is 4.73. The number of aliphatic hydroxyl groups excluding tert-OH is 1. The molecule has 1 aliphatic rings. The van der Waals surface area contributed by atoms with E-state index in [9.17, 15) is 5.11 Å². The molecule has 0 saturated heterocycles. The van der Waals surface area contributed by atoms with E-state index in [-0.39, 0.29) is 6.10 Å². The first-order valence-electron chi connectivity index (χ1n) is 7.57. The van der Waals surface area contributed by atoms with Gasteiger partial charge in [-0.05, 0) is 37.9 Å². The van der Waals surface area contributed by atoms with E-state index in [1.54, 1.807) is 17.6 Å². The van der Waals surface area contributed by atoms with Gasteiger partial charge in [0, 0.05) is 18.5 Å². The molecular formula is C16H22N2O2S. The van der Waals surface area contributed by atoms with Gasteiger partial charge < -0.3 is 14.4 Å². The van der Waals surface area contributed by atoms with Crippen LogP contribution in [0.3, 0.4) is 0 Å².